The molecule has 3 aromatic rings. The Morgan fingerprint density at radius 3 is 2.54 bits per heavy atom. The monoisotopic (exact) mass is 341 g/mol. The van der Waals surface area contributed by atoms with Crippen molar-refractivity contribution in [2.24, 2.45) is 0 Å². The van der Waals surface area contributed by atoms with Gasteiger partial charge in [0.25, 0.3) is 0 Å². The Hall–Kier alpha value is -2.18. The maximum Gasteiger partial charge on any atom is 0.243 e. The number of nitrogens with one attached hydrogen (secondary N) is 1. The fourth-order valence-corrected chi connectivity index (χ4v) is 4.71. The second-order valence-electron chi connectivity index (χ2n) is 6.10. The Kier molecular flexibility index (Phi) is 3.86. The van der Waals surface area contributed by atoms with E-state index in [0.717, 1.165) is 35.9 Å². The van der Waals surface area contributed by atoms with Gasteiger partial charge in [0.15, 0.2) is 0 Å². The van der Waals surface area contributed by atoms with E-state index in [1.807, 2.05) is 30.3 Å². The number of aromatic nitrogens is 2. The van der Waals surface area contributed by atoms with Gasteiger partial charge in [0.2, 0.25) is 10.0 Å². The van der Waals surface area contributed by atoms with E-state index in [1.54, 1.807) is 22.5 Å². The Morgan fingerprint density at radius 1 is 0.958 bits per heavy atom. The molecule has 1 saturated heterocycles. The van der Waals surface area contributed by atoms with Gasteiger partial charge in [0.1, 0.15) is 5.82 Å². The van der Waals surface area contributed by atoms with Crippen LogP contribution in [0.15, 0.2) is 53.4 Å². The summed E-state index contributed by atoms with van der Waals surface area (Å²) in [5.41, 5.74) is 2.60. The van der Waals surface area contributed by atoms with E-state index in [0.29, 0.717) is 23.8 Å². The molecule has 4 rings (SSSR count). The molecule has 0 amide bonds. The topological polar surface area (TPSA) is 66.1 Å². The Bertz CT molecular complexity index is 940. The number of fused-ring (bicyclic) bond motifs is 1. The molecule has 0 saturated carbocycles. The third-order valence-electron chi connectivity index (χ3n) is 4.45. The normalized spacial score (nSPS) is 16.5. The van der Waals surface area contributed by atoms with E-state index in [4.69, 9.17) is 0 Å². The molecular formula is C18H19N3O2S. The number of imidazole rings is 1. The molecule has 1 fully saturated rings. The lowest BCUT2D eigenvalue weighted by atomic mass is 10.2. The van der Waals surface area contributed by atoms with E-state index in [-0.39, 0.29) is 0 Å². The van der Waals surface area contributed by atoms with Crippen LogP contribution >= 0.6 is 0 Å². The first-order valence-corrected chi connectivity index (χ1v) is 9.64. The Labute approximate surface area is 141 Å². The van der Waals surface area contributed by atoms with Crippen LogP contribution in [0, 0.1) is 0 Å². The molecule has 6 heteroatoms. The quantitative estimate of drug-likeness (QED) is 0.794. The number of H-pyrrole nitrogens is 1. The van der Waals surface area contributed by atoms with Crippen molar-refractivity contribution in [2.45, 2.75) is 24.2 Å². The molecule has 1 N–H and O–H groups in total. The van der Waals surface area contributed by atoms with Crippen molar-refractivity contribution in [3.8, 4) is 11.4 Å². The second-order valence-corrected chi connectivity index (χ2v) is 8.03. The smallest absolute Gasteiger partial charge is 0.243 e. The third kappa shape index (κ3) is 2.72. The lowest BCUT2D eigenvalue weighted by Gasteiger charge is -2.25. The minimum absolute atomic E-state index is 0.336. The standard InChI is InChI=1S/C18H19N3O2S/c22-24(23,21-11-4-1-5-12-21)15-8-6-7-14(13-15)18-19-16-9-2-3-10-17(16)20-18/h2-3,6-10,13H,1,4-5,11-12H2,(H,19,20). The van der Waals surface area contributed by atoms with E-state index in [2.05, 4.69) is 9.97 Å². The summed E-state index contributed by atoms with van der Waals surface area (Å²) in [5, 5.41) is 0. The summed E-state index contributed by atoms with van der Waals surface area (Å²) in [6, 6.07) is 14.8. The number of piperidine rings is 1. The highest BCUT2D eigenvalue weighted by molar-refractivity contribution is 7.89. The molecule has 5 nitrogen and oxygen atoms in total. The first kappa shape index (κ1) is 15.4. The zero-order valence-electron chi connectivity index (χ0n) is 13.3. The van der Waals surface area contributed by atoms with Gasteiger partial charge in [-0.3, -0.25) is 0 Å². The van der Waals surface area contributed by atoms with Crippen LogP contribution in [0.25, 0.3) is 22.4 Å². The number of sulfonamides is 1. The van der Waals surface area contributed by atoms with Gasteiger partial charge in [0, 0.05) is 18.7 Å². The fraction of sp³-hybridized carbons (Fsp3) is 0.278. The van der Waals surface area contributed by atoms with Gasteiger partial charge in [0.05, 0.1) is 15.9 Å². The van der Waals surface area contributed by atoms with Crippen LogP contribution in [0.5, 0.6) is 0 Å². The summed E-state index contributed by atoms with van der Waals surface area (Å²) in [6.07, 6.45) is 2.97. The lowest BCUT2D eigenvalue weighted by Crippen LogP contribution is -2.35. The number of hydrogen-bond donors (Lipinski definition) is 1. The molecule has 24 heavy (non-hydrogen) atoms. The molecule has 0 radical (unpaired) electrons. The average Bonchev–Trinajstić information content (AvgIpc) is 3.07. The summed E-state index contributed by atoms with van der Waals surface area (Å²) in [4.78, 5) is 8.14. The van der Waals surface area contributed by atoms with Crippen LogP contribution in [0.4, 0.5) is 0 Å². The highest BCUT2D eigenvalue weighted by Crippen LogP contribution is 2.26. The van der Waals surface area contributed by atoms with Gasteiger partial charge >= 0.3 is 0 Å². The van der Waals surface area contributed by atoms with Crippen LogP contribution in [-0.4, -0.2) is 35.8 Å². The third-order valence-corrected chi connectivity index (χ3v) is 6.34. The zero-order chi connectivity index (χ0) is 16.6. The lowest BCUT2D eigenvalue weighted by molar-refractivity contribution is 0.346. The van der Waals surface area contributed by atoms with Gasteiger partial charge in [-0.05, 0) is 37.1 Å². The maximum absolute atomic E-state index is 12.8. The highest BCUT2D eigenvalue weighted by atomic mass is 32.2. The van der Waals surface area contributed by atoms with E-state index in [1.165, 1.54) is 0 Å². The van der Waals surface area contributed by atoms with E-state index >= 15 is 0 Å². The Morgan fingerprint density at radius 2 is 1.75 bits per heavy atom. The van der Waals surface area contributed by atoms with Crippen LogP contribution in [0.1, 0.15) is 19.3 Å². The van der Waals surface area contributed by atoms with Crippen LogP contribution in [0.3, 0.4) is 0 Å². The first-order chi connectivity index (χ1) is 11.6. The summed E-state index contributed by atoms with van der Waals surface area (Å²) in [6.45, 7) is 1.22. The molecule has 0 bridgehead atoms. The Balaban J connectivity index is 1.73. The summed E-state index contributed by atoms with van der Waals surface area (Å²) in [7, 11) is -3.43. The minimum atomic E-state index is -3.43. The maximum atomic E-state index is 12.8. The number of nitrogens with zero attached hydrogens (tertiary/aromatic N) is 2. The van der Waals surface area contributed by atoms with E-state index < -0.39 is 10.0 Å². The summed E-state index contributed by atoms with van der Waals surface area (Å²) in [5.74, 6) is 0.687. The van der Waals surface area contributed by atoms with Gasteiger partial charge in [-0.1, -0.05) is 30.7 Å². The van der Waals surface area contributed by atoms with Crippen LogP contribution in [-0.2, 0) is 10.0 Å². The van der Waals surface area contributed by atoms with Crippen molar-refractivity contribution < 1.29 is 8.42 Å². The summed E-state index contributed by atoms with van der Waals surface area (Å²) < 4.78 is 27.3. The molecule has 1 aliphatic rings. The average molecular weight is 341 g/mol. The zero-order valence-corrected chi connectivity index (χ0v) is 14.1. The number of aromatic amines is 1. The number of hydrogen-bond acceptors (Lipinski definition) is 3. The SMILES string of the molecule is O=S(=O)(c1cccc(-c2nc3ccccc3[nH]2)c1)N1CCCCC1. The predicted molar refractivity (Wildman–Crippen MR) is 94.1 cm³/mol. The number of para-hydroxylation sites is 2. The molecule has 124 valence electrons. The minimum Gasteiger partial charge on any atom is -0.338 e. The van der Waals surface area contributed by atoms with E-state index in [9.17, 15) is 8.42 Å². The van der Waals surface area contributed by atoms with Gasteiger partial charge < -0.3 is 4.98 Å². The molecule has 0 unspecified atom stereocenters. The molecule has 1 aromatic heterocycles. The largest absolute Gasteiger partial charge is 0.338 e. The molecule has 0 spiro atoms. The summed E-state index contributed by atoms with van der Waals surface area (Å²) >= 11 is 0. The molecule has 2 heterocycles. The fourth-order valence-electron chi connectivity index (χ4n) is 3.15. The van der Waals surface area contributed by atoms with Crippen molar-refractivity contribution >= 4 is 21.1 Å². The van der Waals surface area contributed by atoms with Gasteiger partial charge in [-0.25, -0.2) is 13.4 Å². The van der Waals surface area contributed by atoms with Gasteiger partial charge in [-0.15, -0.1) is 0 Å². The highest BCUT2D eigenvalue weighted by Gasteiger charge is 2.26. The predicted octanol–water partition coefficient (Wildman–Crippen LogP) is 3.40. The van der Waals surface area contributed by atoms with Crippen molar-refractivity contribution in [1.82, 2.24) is 14.3 Å². The first-order valence-electron chi connectivity index (χ1n) is 8.20. The molecular weight excluding hydrogens is 322 g/mol. The molecule has 1 aliphatic heterocycles. The number of rotatable bonds is 3. The van der Waals surface area contributed by atoms with Gasteiger partial charge in [-0.2, -0.15) is 4.31 Å². The molecule has 0 atom stereocenters. The van der Waals surface area contributed by atoms with Crippen molar-refractivity contribution in [2.75, 3.05) is 13.1 Å². The van der Waals surface area contributed by atoms with Crippen molar-refractivity contribution in [1.29, 1.82) is 0 Å². The molecule has 2 aromatic carbocycles. The van der Waals surface area contributed by atoms with Crippen LogP contribution in [0.2, 0.25) is 0 Å². The van der Waals surface area contributed by atoms with Crippen molar-refractivity contribution in [3.63, 3.8) is 0 Å². The van der Waals surface area contributed by atoms with Crippen molar-refractivity contribution in [3.05, 3.63) is 48.5 Å². The molecule has 0 aliphatic carbocycles. The van der Waals surface area contributed by atoms with Crippen LogP contribution < -0.4 is 0 Å². The number of benzene rings is 2. The second kappa shape index (κ2) is 6.03.